The van der Waals surface area contributed by atoms with Gasteiger partial charge in [0.15, 0.2) is 0 Å². The van der Waals surface area contributed by atoms with Crippen molar-refractivity contribution in [3.63, 3.8) is 0 Å². The van der Waals surface area contributed by atoms with Crippen molar-refractivity contribution in [2.75, 3.05) is 12.9 Å². The SMILES string of the molecule is COC(=O)[C@H](CSC(F)(F)F)NC(=O)[C@H](C)NC(=O)OC(C)(C)C. The first-order valence-electron chi connectivity index (χ1n) is 6.83. The second-order valence-electron chi connectivity index (χ2n) is 5.71. The summed E-state index contributed by atoms with van der Waals surface area (Å²) in [4.78, 5) is 34.9. The summed E-state index contributed by atoms with van der Waals surface area (Å²) >= 11 is -0.467. The number of thioether (sulfide) groups is 1. The summed E-state index contributed by atoms with van der Waals surface area (Å²) in [5.41, 5.74) is -5.34. The van der Waals surface area contributed by atoms with Crippen molar-refractivity contribution in [1.82, 2.24) is 10.6 Å². The molecule has 2 amide bonds. The van der Waals surface area contributed by atoms with Crippen LogP contribution in [0.3, 0.4) is 0 Å². The van der Waals surface area contributed by atoms with E-state index in [1.54, 1.807) is 20.8 Å². The van der Waals surface area contributed by atoms with E-state index < -0.39 is 58.7 Å². The van der Waals surface area contributed by atoms with Crippen LogP contribution in [0.4, 0.5) is 18.0 Å². The maximum atomic E-state index is 12.2. The number of esters is 1. The van der Waals surface area contributed by atoms with E-state index in [2.05, 4.69) is 15.4 Å². The normalized spacial score (nSPS) is 14.3. The van der Waals surface area contributed by atoms with E-state index in [0.717, 1.165) is 7.11 Å². The van der Waals surface area contributed by atoms with E-state index in [1.165, 1.54) is 6.92 Å². The summed E-state index contributed by atoms with van der Waals surface area (Å²) in [7, 11) is 0.988. The first kappa shape index (κ1) is 22.4. The number of amides is 2. The third-order valence-electron chi connectivity index (χ3n) is 2.34. The number of halogens is 3. The first-order chi connectivity index (χ1) is 10.7. The number of alkyl halides is 3. The number of ether oxygens (including phenoxy) is 2. The zero-order valence-electron chi connectivity index (χ0n) is 13.9. The van der Waals surface area contributed by atoms with Gasteiger partial charge in [-0.25, -0.2) is 9.59 Å². The van der Waals surface area contributed by atoms with E-state index in [4.69, 9.17) is 4.74 Å². The molecule has 0 saturated carbocycles. The molecule has 11 heteroatoms. The Morgan fingerprint density at radius 2 is 1.67 bits per heavy atom. The summed E-state index contributed by atoms with van der Waals surface area (Å²) < 4.78 is 46.0. The minimum absolute atomic E-state index is 0.467. The lowest BCUT2D eigenvalue weighted by Crippen LogP contribution is -2.52. The molecule has 0 aromatic carbocycles. The van der Waals surface area contributed by atoms with E-state index in [-0.39, 0.29) is 0 Å². The Morgan fingerprint density at radius 3 is 2.08 bits per heavy atom. The molecule has 0 rings (SSSR count). The first-order valence-corrected chi connectivity index (χ1v) is 7.82. The van der Waals surface area contributed by atoms with Crippen LogP contribution in [0.15, 0.2) is 0 Å². The van der Waals surface area contributed by atoms with Gasteiger partial charge in [0.1, 0.15) is 17.7 Å². The minimum atomic E-state index is -4.56. The van der Waals surface area contributed by atoms with Crippen molar-refractivity contribution in [3.8, 4) is 0 Å². The van der Waals surface area contributed by atoms with Gasteiger partial charge in [-0.3, -0.25) is 4.79 Å². The Kier molecular flexibility index (Phi) is 8.38. The van der Waals surface area contributed by atoms with E-state index in [1.807, 2.05) is 0 Å². The Labute approximate surface area is 142 Å². The number of nitrogens with one attached hydrogen (secondary N) is 2. The number of alkyl carbamates (subject to hydrolysis) is 1. The molecule has 140 valence electrons. The molecular formula is C13H21F3N2O5S. The van der Waals surface area contributed by atoms with Crippen LogP contribution >= 0.6 is 11.8 Å². The molecule has 0 aromatic rings. The monoisotopic (exact) mass is 374 g/mol. The fourth-order valence-corrected chi connectivity index (χ4v) is 1.91. The zero-order chi connectivity index (χ0) is 19.1. The van der Waals surface area contributed by atoms with Gasteiger partial charge in [0, 0.05) is 5.75 Å². The molecule has 0 fully saturated rings. The number of hydrogen-bond donors (Lipinski definition) is 2. The Hall–Kier alpha value is -1.65. The molecule has 0 aromatic heterocycles. The number of methoxy groups -OCH3 is 1. The molecule has 2 atom stereocenters. The lowest BCUT2D eigenvalue weighted by Gasteiger charge is -2.23. The maximum absolute atomic E-state index is 12.2. The summed E-state index contributed by atoms with van der Waals surface area (Å²) in [6.07, 6.45) is -0.871. The fraction of sp³-hybridized carbons (Fsp3) is 0.769. The van der Waals surface area contributed by atoms with Gasteiger partial charge in [-0.05, 0) is 39.5 Å². The Bertz CT molecular complexity index is 466. The highest BCUT2D eigenvalue weighted by Crippen LogP contribution is 2.30. The van der Waals surface area contributed by atoms with Crippen molar-refractivity contribution in [1.29, 1.82) is 0 Å². The van der Waals surface area contributed by atoms with Gasteiger partial charge in [0.05, 0.1) is 7.11 Å². The van der Waals surface area contributed by atoms with Crippen molar-refractivity contribution >= 4 is 29.7 Å². The van der Waals surface area contributed by atoms with Crippen molar-refractivity contribution in [3.05, 3.63) is 0 Å². The fourth-order valence-electron chi connectivity index (χ4n) is 1.34. The molecule has 0 radical (unpaired) electrons. The highest BCUT2D eigenvalue weighted by Gasteiger charge is 2.33. The van der Waals surface area contributed by atoms with Crippen LogP contribution in [0.25, 0.3) is 0 Å². The zero-order valence-corrected chi connectivity index (χ0v) is 14.8. The lowest BCUT2D eigenvalue weighted by molar-refractivity contribution is -0.144. The van der Waals surface area contributed by atoms with Gasteiger partial charge < -0.3 is 20.1 Å². The number of rotatable bonds is 6. The third-order valence-corrected chi connectivity index (χ3v) is 3.17. The Balaban J connectivity index is 4.69. The Morgan fingerprint density at radius 1 is 1.12 bits per heavy atom. The maximum Gasteiger partial charge on any atom is 0.441 e. The highest BCUT2D eigenvalue weighted by molar-refractivity contribution is 8.00. The topological polar surface area (TPSA) is 93.7 Å². The van der Waals surface area contributed by atoms with Crippen LogP contribution < -0.4 is 10.6 Å². The lowest BCUT2D eigenvalue weighted by atomic mass is 10.2. The van der Waals surface area contributed by atoms with Crippen LogP contribution in [0.2, 0.25) is 0 Å². The van der Waals surface area contributed by atoms with Crippen LogP contribution in [0.5, 0.6) is 0 Å². The van der Waals surface area contributed by atoms with Gasteiger partial charge in [-0.2, -0.15) is 13.2 Å². The summed E-state index contributed by atoms with van der Waals surface area (Å²) in [6, 6.07) is -2.63. The number of carbonyl (C=O) groups is 3. The van der Waals surface area contributed by atoms with Gasteiger partial charge in [-0.1, -0.05) is 0 Å². The van der Waals surface area contributed by atoms with Crippen LogP contribution in [-0.4, -0.2) is 54.0 Å². The average Bonchev–Trinajstić information content (AvgIpc) is 2.38. The molecule has 0 spiro atoms. The third kappa shape index (κ3) is 10.2. The van der Waals surface area contributed by atoms with Crippen molar-refractivity contribution in [2.45, 2.75) is 50.9 Å². The molecule has 0 aliphatic carbocycles. The predicted molar refractivity (Wildman–Crippen MR) is 81.3 cm³/mol. The molecule has 24 heavy (non-hydrogen) atoms. The predicted octanol–water partition coefficient (Wildman–Crippen LogP) is 1.81. The summed E-state index contributed by atoms with van der Waals surface area (Å²) in [5.74, 6) is -2.62. The van der Waals surface area contributed by atoms with E-state index in [0.29, 0.717) is 0 Å². The minimum Gasteiger partial charge on any atom is -0.467 e. The van der Waals surface area contributed by atoms with Gasteiger partial charge in [0.25, 0.3) is 0 Å². The van der Waals surface area contributed by atoms with E-state index >= 15 is 0 Å². The molecule has 0 aliphatic heterocycles. The molecule has 2 N–H and O–H groups in total. The standard InChI is InChI=1S/C13H21F3N2O5S/c1-7(17-11(21)23-12(2,3)4)9(19)18-8(10(20)22-5)6-24-13(14,15)16/h7-8H,6H2,1-5H3,(H,17,21)(H,18,19)/t7-,8-/m0/s1. The van der Waals surface area contributed by atoms with Gasteiger partial charge in [-0.15, -0.1) is 0 Å². The molecule has 7 nitrogen and oxygen atoms in total. The molecule has 0 saturated heterocycles. The quantitative estimate of drug-likeness (QED) is 0.689. The molecule has 0 heterocycles. The van der Waals surface area contributed by atoms with Crippen LogP contribution in [0, 0.1) is 0 Å². The smallest absolute Gasteiger partial charge is 0.441 e. The van der Waals surface area contributed by atoms with E-state index in [9.17, 15) is 27.6 Å². The van der Waals surface area contributed by atoms with Crippen LogP contribution in [-0.2, 0) is 19.1 Å². The summed E-state index contributed by atoms with van der Waals surface area (Å²) in [5, 5.41) is 4.32. The number of hydrogen-bond acceptors (Lipinski definition) is 6. The second kappa shape index (κ2) is 9.00. The second-order valence-corrected chi connectivity index (χ2v) is 6.79. The van der Waals surface area contributed by atoms with Gasteiger partial charge in [0.2, 0.25) is 5.91 Å². The highest BCUT2D eigenvalue weighted by atomic mass is 32.2. The average molecular weight is 374 g/mol. The molecular weight excluding hydrogens is 353 g/mol. The van der Waals surface area contributed by atoms with Gasteiger partial charge >= 0.3 is 17.6 Å². The molecule has 0 unspecified atom stereocenters. The van der Waals surface area contributed by atoms with Crippen molar-refractivity contribution in [2.24, 2.45) is 0 Å². The summed E-state index contributed by atoms with van der Waals surface area (Å²) in [6.45, 7) is 6.17. The molecule has 0 aliphatic rings. The van der Waals surface area contributed by atoms with Crippen LogP contribution in [0.1, 0.15) is 27.7 Å². The largest absolute Gasteiger partial charge is 0.467 e. The molecule has 0 bridgehead atoms. The van der Waals surface area contributed by atoms with Crippen molar-refractivity contribution < 1.29 is 37.0 Å². The number of carbonyl (C=O) groups excluding carboxylic acids is 3.